The number of hydrogen-bond donors (Lipinski definition) is 0. The zero-order chi connectivity index (χ0) is 32.4. The Hall–Kier alpha value is -6.14. The van der Waals surface area contributed by atoms with Gasteiger partial charge in [-0.25, -0.2) is 9.59 Å². The number of benzene rings is 6. The maximum atomic E-state index is 11.8. The van der Waals surface area contributed by atoms with Gasteiger partial charge in [0.1, 0.15) is 23.0 Å². The minimum Gasteiger partial charge on any atom is -0.465 e. The molecule has 1 aliphatic rings. The third kappa shape index (κ3) is 5.30. The lowest BCUT2D eigenvalue weighted by Gasteiger charge is -2.34. The molecule has 0 spiro atoms. The molecule has 47 heavy (non-hydrogen) atoms. The summed E-state index contributed by atoms with van der Waals surface area (Å²) >= 11 is 0. The highest BCUT2D eigenvalue weighted by atomic mass is 16.5. The highest BCUT2D eigenvalue weighted by Gasteiger charge is 2.45. The van der Waals surface area contributed by atoms with Crippen molar-refractivity contribution in [1.29, 1.82) is 0 Å². The standard InChI is InChI=1S/C41H30O6/c1-44-39(42)27-11-19-31(20-12-27)46-33-23-15-29(16-24-33)41(37-9-5-3-7-35(37)36-8-4-6-10-38(36)41)30-17-25-34(26-18-30)47-32-21-13-28(14-22-32)40(43)45-2/h3-26H,1-2H3. The van der Waals surface area contributed by atoms with E-state index in [1.165, 1.54) is 36.5 Å². The number of rotatable bonds is 8. The molecular formula is C41H30O6. The van der Waals surface area contributed by atoms with E-state index in [9.17, 15) is 9.59 Å². The van der Waals surface area contributed by atoms with E-state index in [-0.39, 0.29) is 0 Å². The van der Waals surface area contributed by atoms with Crippen molar-refractivity contribution in [3.63, 3.8) is 0 Å². The Morgan fingerprint density at radius 1 is 0.426 bits per heavy atom. The van der Waals surface area contributed by atoms with Crippen LogP contribution in [0, 0.1) is 0 Å². The van der Waals surface area contributed by atoms with E-state index in [1.54, 1.807) is 48.5 Å². The summed E-state index contributed by atoms with van der Waals surface area (Å²) in [4.78, 5) is 23.7. The molecule has 6 nitrogen and oxygen atoms in total. The third-order valence-electron chi connectivity index (χ3n) is 8.55. The van der Waals surface area contributed by atoms with Crippen LogP contribution in [0.1, 0.15) is 43.0 Å². The number of carbonyl (C=O) groups is 2. The van der Waals surface area contributed by atoms with Crippen LogP contribution < -0.4 is 9.47 Å². The Morgan fingerprint density at radius 2 is 0.745 bits per heavy atom. The molecule has 1 aliphatic carbocycles. The second-order valence-corrected chi connectivity index (χ2v) is 11.1. The van der Waals surface area contributed by atoms with Gasteiger partial charge < -0.3 is 18.9 Å². The molecule has 0 fully saturated rings. The summed E-state index contributed by atoms with van der Waals surface area (Å²) in [5.74, 6) is 1.81. The van der Waals surface area contributed by atoms with Crippen molar-refractivity contribution in [3.05, 3.63) is 179 Å². The second kappa shape index (κ2) is 12.3. The van der Waals surface area contributed by atoms with Crippen LogP contribution in [0.3, 0.4) is 0 Å². The zero-order valence-electron chi connectivity index (χ0n) is 25.8. The Kier molecular flexibility index (Phi) is 7.76. The van der Waals surface area contributed by atoms with Gasteiger partial charge in [-0.15, -0.1) is 0 Å². The highest BCUT2D eigenvalue weighted by Crippen LogP contribution is 2.56. The molecule has 0 N–H and O–H groups in total. The first-order valence-corrected chi connectivity index (χ1v) is 15.1. The van der Waals surface area contributed by atoms with Gasteiger partial charge >= 0.3 is 11.9 Å². The summed E-state index contributed by atoms with van der Waals surface area (Å²) in [6.45, 7) is 0. The topological polar surface area (TPSA) is 71.1 Å². The van der Waals surface area contributed by atoms with Gasteiger partial charge in [-0.05, 0) is 106 Å². The zero-order valence-corrected chi connectivity index (χ0v) is 25.8. The lowest BCUT2D eigenvalue weighted by atomic mass is 9.68. The van der Waals surface area contributed by atoms with E-state index in [4.69, 9.17) is 18.9 Å². The van der Waals surface area contributed by atoms with E-state index in [0.29, 0.717) is 34.1 Å². The van der Waals surface area contributed by atoms with Crippen LogP contribution in [0.2, 0.25) is 0 Å². The number of fused-ring (bicyclic) bond motifs is 3. The molecule has 0 aliphatic heterocycles. The fourth-order valence-electron chi connectivity index (χ4n) is 6.40. The van der Waals surface area contributed by atoms with E-state index in [1.807, 2.05) is 24.3 Å². The first-order valence-electron chi connectivity index (χ1n) is 15.1. The molecule has 0 bridgehead atoms. The number of esters is 2. The lowest BCUT2D eigenvalue weighted by molar-refractivity contribution is 0.0592. The Morgan fingerprint density at radius 3 is 1.09 bits per heavy atom. The van der Waals surface area contributed by atoms with Gasteiger partial charge in [-0.2, -0.15) is 0 Å². The summed E-state index contributed by atoms with van der Waals surface area (Å²) in [6.07, 6.45) is 0. The van der Waals surface area contributed by atoms with Crippen molar-refractivity contribution in [3.8, 4) is 34.1 Å². The molecule has 0 radical (unpaired) electrons. The van der Waals surface area contributed by atoms with Gasteiger partial charge in [-0.3, -0.25) is 0 Å². The lowest BCUT2D eigenvalue weighted by Crippen LogP contribution is -2.28. The summed E-state index contributed by atoms with van der Waals surface area (Å²) in [7, 11) is 2.72. The fraction of sp³-hybridized carbons (Fsp3) is 0.0732. The van der Waals surface area contributed by atoms with E-state index < -0.39 is 17.4 Å². The van der Waals surface area contributed by atoms with Crippen molar-refractivity contribution < 1.29 is 28.5 Å². The van der Waals surface area contributed by atoms with Crippen LogP contribution in [-0.2, 0) is 14.9 Å². The molecule has 0 unspecified atom stereocenters. The monoisotopic (exact) mass is 618 g/mol. The summed E-state index contributed by atoms with van der Waals surface area (Å²) in [5.41, 5.74) is 7.30. The summed E-state index contributed by atoms with van der Waals surface area (Å²) in [6, 6.07) is 47.2. The van der Waals surface area contributed by atoms with Gasteiger partial charge in [-0.1, -0.05) is 72.8 Å². The molecule has 7 rings (SSSR count). The molecule has 230 valence electrons. The van der Waals surface area contributed by atoms with Crippen LogP contribution in [0.4, 0.5) is 0 Å². The van der Waals surface area contributed by atoms with Crippen molar-refractivity contribution in [1.82, 2.24) is 0 Å². The van der Waals surface area contributed by atoms with Crippen LogP contribution >= 0.6 is 0 Å². The van der Waals surface area contributed by atoms with Crippen LogP contribution in [0.5, 0.6) is 23.0 Å². The minimum absolute atomic E-state index is 0.391. The average Bonchev–Trinajstić information content (AvgIpc) is 3.43. The van der Waals surface area contributed by atoms with Crippen LogP contribution in [0.15, 0.2) is 146 Å². The number of methoxy groups -OCH3 is 2. The van der Waals surface area contributed by atoms with Crippen molar-refractivity contribution in [2.45, 2.75) is 5.41 Å². The van der Waals surface area contributed by atoms with Gasteiger partial charge in [0.2, 0.25) is 0 Å². The maximum absolute atomic E-state index is 11.8. The Balaban J connectivity index is 1.26. The van der Waals surface area contributed by atoms with E-state index in [2.05, 4.69) is 72.8 Å². The van der Waals surface area contributed by atoms with Crippen LogP contribution in [-0.4, -0.2) is 26.2 Å². The molecule has 0 saturated carbocycles. The molecule has 6 aromatic rings. The average molecular weight is 619 g/mol. The predicted octanol–water partition coefficient (Wildman–Crippen LogP) is 9.21. The molecular weight excluding hydrogens is 588 g/mol. The predicted molar refractivity (Wildman–Crippen MR) is 179 cm³/mol. The Labute approximate surface area is 272 Å². The first kappa shape index (κ1) is 29.6. The van der Waals surface area contributed by atoms with Gasteiger partial charge in [0.05, 0.1) is 30.8 Å². The van der Waals surface area contributed by atoms with E-state index in [0.717, 1.165) is 11.1 Å². The smallest absolute Gasteiger partial charge is 0.337 e. The number of hydrogen-bond acceptors (Lipinski definition) is 6. The van der Waals surface area contributed by atoms with E-state index >= 15 is 0 Å². The number of carbonyl (C=O) groups excluding carboxylic acids is 2. The van der Waals surface area contributed by atoms with Gasteiger partial charge in [0, 0.05) is 0 Å². The molecule has 0 saturated heterocycles. The van der Waals surface area contributed by atoms with Gasteiger partial charge in [0.15, 0.2) is 0 Å². The molecule has 6 heteroatoms. The first-order chi connectivity index (χ1) is 23.0. The van der Waals surface area contributed by atoms with Crippen molar-refractivity contribution in [2.24, 2.45) is 0 Å². The maximum Gasteiger partial charge on any atom is 0.337 e. The molecule has 0 amide bonds. The highest BCUT2D eigenvalue weighted by molar-refractivity contribution is 5.90. The van der Waals surface area contributed by atoms with Crippen LogP contribution in [0.25, 0.3) is 11.1 Å². The minimum atomic E-state index is -0.589. The Bertz CT molecular complexity index is 1910. The number of ether oxygens (including phenoxy) is 4. The normalized spacial score (nSPS) is 12.4. The van der Waals surface area contributed by atoms with Gasteiger partial charge in [0.25, 0.3) is 0 Å². The largest absolute Gasteiger partial charge is 0.465 e. The molecule has 0 atom stereocenters. The summed E-state index contributed by atoms with van der Waals surface area (Å²) in [5, 5.41) is 0. The fourth-order valence-corrected chi connectivity index (χ4v) is 6.40. The third-order valence-corrected chi connectivity index (χ3v) is 8.55. The SMILES string of the molecule is COC(=O)c1ccc(Oc2ccc(C3(c4ccc(Oc5ccc(C(=O)OC)cc5)cc4)c4ccccc4-c4ccccc43)cc2)cc1. The van der Waals surface area contributed by atoms with Crippen molar-refractivity contribution >= 4 is 11.9 Å². The quantitative estimate of drug-likeness (QED) is 0.158. The second-order valence-electron chi connectivity index (χ2n) is 11.1. The summed E-state index contributed by atoms with van der Waals surface area (Å²) < 4.78 is 21.9. The van der Waals surface area contributed by atoms with Crippen molar-refractivity contribution in [2.75, 3.05) is 14.2 Å². The molecule has 6 aromatic carbocycles. The molecule has 0 heterocycles. The molecule has 0 aromatic heterocycles.